The number of hydrogen-bond donors (Lipinski definition) is 2. The number of pyridine rings is 1. The van der Waals surface area contributed by atoms with Crippen LogP contribution in [0.2, 0.25) is 0 Å². The first-order valence-corrected chi connectivity index (χ1v) is 5.88. The lowest BCUT2D eigenvalue weighted by molar-refractivity contribution is -0.122. The molecule has 0 aliphatic rings. The number of nitrogens with zero attached hydrogens (tertiary/aromatic N) is 1. The van der Waals surface area contributed by atoms with Gasteiger partial charge in [0.15, 0.2) is 0 Å². The van der Waals surface area contributed by atoms with Crippen molar-refractivity contribution in [3.8, 4) is 0 Å². The molecule has 1 aromatic heterocycles. The average Bonchev–Trinajstić information content (AvgIpc) is 2.23. The van der Waals surface area contributed by atoms with Crippen LogP contribution in [0.25, 0.3) is 0 Å². The Bertz CT molecular complexity index is 343. The van der Waals surface area contributed by atoms with E-state index >= 15 is 0 Å². The minimum atomic E-state index is -0.152. The second-order valence-electron chi connectivity index (χ2n) is 5.09. The lowest BCUT2D eigenvalue weighted by atomic mass is 10.1. The Hall–Kier alpha value is -1.42. The molecule has 1 rings (SSSR count). The van der Waals surface area contributed by atoms with Crippen molar-refractivity contribution in [1.82, 2.24) is 15.6 Å². The average molecular weight is 235 g/mol. The lowest BCUT2D eigenvalue weighted by Crippen LogP contribution is -2.41. The van der Waals surface area contributed by atoms with Crippen LogP contribution >= 0.6 is 0 Å². The molecule has 0 atom stereocenters. The number of amides is 1. The van der Waals surface area contributed by atoms with E-state index in [2.05, 4.69) is 15.6 Å². The predicted octanol–water partition coefficient (Wildman–Crippen LogP) is 1.48. The largest absolute Gasteiger partial charge is 0.351 e. The monoisotopic (exact) mass is 235 g/mol. The summed E-state index contributed by atoms with van der Waals surface area (Å²) in [6.45, 7) is 7.36. The first-order chi connectivity index (χ1) is 7.97. The minimum Gasteiger partial charge on any atom is -0.351 e. The summed E-state index contributed by atoms with van der Waals surface area (Å²) in [6.07, 6.45) is 4.07. The van der Waals surface area contributed by atoms with Gasteiger partial charge < -0.3 is 10.6 Å². The molecule has 0 fully saturated rings. The molecule has 17 heavy (non-hydrogen) atoms. The minimum absolute atomic E-state index is 0.0798. The Labute approximate surface area is 103 Å². The molecule has 0 unspecified atom stereocenters. The van der Waals surface area contributed by atoms with E-state index in [9.17, 15) is 4.79 Å². The molecule has 1 heterocycles. The van der Waals surface area contributed by atoms with Crippen molar-refractivity contribution < 1.29 is 4.79 Å². The number of rotatable bonds is 5. The molecule has 4 heteroatoms. The zero-order chi connectivity index (χ0) is 12.7. The number of hydrogen-bond acceptors (Lipinski definition) is 3. The molecule has 1 amide bonds. The second kappa shape index (κ2) is 6.35. The van der Waals surface area contributed by atoms with Crippen LogP contribution in [0.5, 0.6) is 0 Å². The molecule has 0 radical (unpaired) electrons. The molecule has 94 valence electrons. The van der Waals surface area contributed by atoms with E-state index in [0.29, 0.717) is 13.0 Å². The van der Waals surface area contributed by atoms with E-state index in [1.807, 2.05) is 39.1 Å². The van der Waals surface area contributed by atoms with Crippen molar-refractivity contribution in [2.45, 2.75) is 39.3 Å². The van der Waals surface area contributed by atoms with Crippen molar-refractivity contribution in [2.24, 2.45) is 0 Å². The second-order valence-corrected chi connectivity index (χ2v) is 5.09. The Balaban J connectivity index is 2.14. The lowest BCUT2D eigenvalue weighted by Gasteiger charge is -2.20. The molecular weight excluding hydrogens is 214 g/mol. The zero-order valence-electron chi connectivity index (χ0n) is 10.8. The van der Waals surface area contributed by atoms with Crippen LogP contribution in [0.15, 0.2) is 24.5 Å². The summed E-state index contributed by atoms with van der Waals surface area (Å²) >= 11 is 0. The number of aromatic nitrogens is 1. The van der Waals surface area contributed by atoms with Gasteiger partial charge in [-0.15, -0.1) is 0 Å². The van der Waals surface area contributed by atoms with Gasteiger partial charge in [0.25, 0.3) is 0 Å². The molecule has 0 aliphatic carbocycles. The summed E-state index contributed by atoms with van der Waals surface area (Å²) in [6, 6.07) is 3.92. The summed E-state index contributed by atoms with van der Waals surface area (Å²) in [4.78, 5) is 15.5. The molecule has 1 aromatic rings. The van der Waals surface area contributed by atoms with Crippen LogP contribution in [-0.2, 0) is 11.3 Å². The molecule has 0 saturated heterocycles. The highest BCUT2D eigenvalue weighted by molar-refractivity contribution is 5.76. The van der Waals surface area contributed by atoms with Crippen molar-refractivity contribution in [2.75, 3.05) is 6.54 Å². The van der Waals surface area contributed by atoms with E-state index in [4.69, 9.17) is 0 Å². The summed E-state index contributed by atoms with van der Waals surface area (Å²) < 4.78 is 0. The number of nitrogens with one attached hydrogen (secondary N) is 2. The predicted molar refractivity (Wildman–Crippen MR) is 68.5 cm³/mol. The fourth-order valence-corrected chi connectivity index (χ4v) is 1.42. The third-order valence-corrected chi connectivity index (χ3v) is 2.10. The maximum absolute atomic E-state index is 11.5. The molecular formula is C13H21N3O. The van der Waals surface area contributed by atoms with Crippen LogP contribution < -0.4 is 10.6 Å². The zero-order valence-corrected chi connectivity index (χ0v) is 10.8. The van der Waals surface area contributed by atoms with E-state index in [-0.39, 0.29) is 11.4 Å². The van der Waals surface area contributed by atoms with Gasteiger partial charge in [-0.05, 0) is 32.4 Å². The van der Waals surface area contributed by atoms with E-state index < -0.39 is 0 Å². The molecule has 2 N–H and O–H groups in total. The molecule has 0 bridgehead atoms. The van der Waals surface area contributed by atoms with E-state index in [1.165, 1.54) is 0 Å². The Morgan fingerprint density at radius 3 is 2.76 bits per heavy atom. The summed E-state index contributed by atoms with van der Waals surface area (Å²) in [5, 5.41) is 6.14. The van der Waals surface area contributed by atoms with Crippen LogP contribution in [0.3, 0.4) is 0 Å². The van der Waals surface area contributed by atoms with Gasteiger partial charge in [0.1, 0.15) is 0 Å². The highest BCUT2D eigenvalue weighted by Gasteiger charge is 2.12. The quantitative estimate of drug-likeness (QED) is 0.760. The highest BCUT2D eigenvalue weighted by atomic mass is 16.1. The van der Waals surface area contributed by atoms with Crippen LogP contribution in [0.1, 0.15) is 32.8 Å². The first kappa shape index (κ1) is 13.6. The van der Waals surface area contributed by atoms with Gasteiger partial charge in [0.2, 0.25) is 5.91 Å². The van der Waals surface area contributed by atoms with Gasteiger partial charge >= 0.3 is 0 Å². The van der Waals surface area contributed by atoms with Crippen molar-refractivity contribution >= 4 is 5.91 Å². The first-order valence-electron chi connectivity index (χ1n) is 5.88. The summed E-state index contributed by atoms with van der Waals surface area (Å²) in [7, 11) is 0. The maximum atomic E-state index is 11.5. The van der Waals surface area contributed by atoms with Crippen molar-refractivity contribution in [3.05, 3.63) is 30.1 Å². The summed E-state index contributed by atoms with van der Waals surface area (Å²) in [5.74, 6) is 0.0798. The van der Waals surface area contributed by atoms with Gasteiger partial charge in [-0.25, -0.2) is 0 Å². The summed E-state index contributed by atoms with van der Waals surface area (Å²) in [5.41, 5.74) is 0.976. The maximum Gasteiger partial charge on any atom is 0.221 e. The number of carbonyl (C=O) groups is 1. The van der Waals surface area contributed by atoms with Crippen LogP contribution in [-0.4, -0.2) is 23.0 Å². The molecule has 0 saturated carbocycles. The van der Waals surface area contributed by atoms with Gasteiger partial charge in [-0.3, -0.25) is 9.78 Å². The third kappa shape index (κ3) is 6.68. The fourth-order valence-electron chi connectivity index (χ4n) is 1.42. The number of carbonyl (C=O) groups excluding carboxylic acids is 1. The Morgan fingerprint density at radius 1 is 1.41 bits per heavy atom. The Morgan fingerprint density at radius 2 is 2.18 bits per heavy atom. The van der Waals surface area contributed by atoms with E-state index in [1.54, 1.807) is 6.20 Å². The van der Waals surface area contributed by atoms with Gasteiger partial charge in [0.05, 0.1) is 0 Å². The van der Waals surface area contributed by atoms with Crippen LogP contribution in [0, 0.1) is 0 Å². The fraction of sp³-hybridized carbons (Fsp3) is 0.538. The third-order valence-electron chi connectivity index (χ3n) is 2.10. The Kier molecular flexibility index (Phi) is 5.10. The smallest absolute Gasteiger partial charge is 0.221 e. The topological polar surface area (TPSA) is 54.0 Å². The van der Waals surface area contributed by atoms with E-state index in [0.717, 1.165) is 12.1 Å². The normalized spacial score (nSPS) is 11.2. The highest BCUT2D eigenvalue weighted by Crippen LogP contribution is 1.99. The van der Waals surface area contributed by atoms with Gasteiger partial charge in [0, 0.05) is 37.4 Å². The standard InChI is InChI=1S/C13H21N3O/c1-13(2,3)16-12(17)6-8-15-10-11-5-4-7-14-9-11/h4-5,7,9,15H,6,8,10H2,1-3H3,(H,16,17). The van der Waals surface area contributed by atoms with Crippen molar-refractivity contribution in [3.63, 3.8) is 0 Å². The van der Waals surface area contributed by atoms with Crippen molar-refractivity contribution in [1.29, 1.82) is 0 Å². The molecule has 0 aromatic carbocycles. The van der Waals surface area contributed by atoms with Gasteiger partial charge in [-0.1, -0.05) is 6.07 Å². The van der Waals surface area contributed by atoms with Crippen LogP contribution in [0.4, 0.5) is 0 Å². The molecule has 0 aliphatic heterocycles. The SMILES string of the molecule is CC(C)(C)NC(=O)CCNCc1cccnc1. The van der Waals surface area contributed by atoms with Gasteiger partial charge in [-0.2, -0.15) is 0 Å². The molecule has 0 spiro atoms. The molecule has 4 nitrogen and oxygen atoms in total.